The summed E-state index contributed by atoms with van der Waals surface area (Å²) in [7, 11) is 1.81. The summed E-state index contributed by atoms with van der Waals surface area (Å²) >= 11 is 3.12. The van der Waals surface area contributed by atoms with Gasteiger partial charge >= 0.3 is 0 Å². The van der Waals surface area contributed by atoms with Crippen molar-refractivity contribution in [2.24, 2.45) is 0 Å². The Balaban J connectivity index is 2.09. The second-order valence-corrected chi connectivity index (χ2v) is 6.23. The zero-order valence-corrected chi connectivity index (χ0v) is 12.9. The molecule has 0 aromatic carbocycles. The highest BCUT2D eigenvalue weighted by atomic mass is 32.1. The molecule has 102 valence electrons. The molecule has 0 aliphatic rings. The lowest BCUT2D eigenvalue weighted by molar-refractivity contribution is 0.0739. The van der Waals surface area contributed by atoms with Crippen LogP contribution < -0.4 is 0 Å². The third-order valence-corrected chi connectivity index (χ3v) is 4.85. The average molecular weight is 295 g/mol. The van der Waals surface area contributed by atoms with Crippen LogP contribution in [0, 0.1) is 0 Å². The van der Waals surface area contributed by atoms with Gasteiger partial charge in [0.2, 0.25) is 0 Å². The highest BCUT2D eigenvalue weighted by Gasteiger charge is 2.21. The molecule has 0 N–H and O–H groups in total. The van der Waals surface area contributed by atoms with Crippen molar-refractivity contribution in [2.75, 3.05) is 7.05 Å². The molecule has 2 rings (SSSR count). The first-order chi connectivity index (χ1) is 9.13. The number of aromatic nitrogens is 2. The number of thiazole rings is 2. The molecule has 4 nitrogen and oxygen atoms in total. The minimum Gasteiger partial charge on any atom is -0.333 e. The lowest BCUT2D eigenvalue weighted by atomic mass is 10.2. The molecular formula is C13H17N3OS2. The van der Waals surface area contributed by atoms with Crippen LogP contribution in [0.3, 0.4) is 0 Å². The maximum Gasteiger partial charge on any atom is 0.273 e. The molecule has 0 spiro atoms. The Morgan fingerprint density at radius 2 is 2.26 bits per heavy atom. The highest BCUT2D eigenvalue weighted by molar-refractivity contribution is 7.10. The molecule has 1 unspecified atom stereocenters. The first-order valence-electron chi connectivity index (χ1n) is 6.23. The van der Waals surface area contributed by atoms with E-state index in [1.54, 1.807) is 33.1 Å². The van der Waals surface area contributed by atoms with E-state index >= 15 is 0 Å². The van der Waals surface area contributed by atoms with Gasteiger partial charge in [-0.15, -0.1) is 22.7 Å². The standard InChI is InChI=1S/C13H17N3OS2/c1-4-5-12-15-10(7-18-12)13(17)16(3)9(2)11-6-14-8-19-11/h6-9H,4-5H2,1-3H3. The number of nitrogens with zero attached hydrogens (tertiary/aromatic N) is 3. The first-order valence-corrected chi connectivity index (χ1v) is 7.99. The zero-order valence-electron chi connectivity index (χ0n) is 11.3. The normalized spacial score (nSPS) is 12.4. The van der Waals surface area contributed by atoms with Gasteiger partial charge in [0.1, 0.15) is 5.69 Å². The first kappa shape index (κ1) is 14.1. The van der Waals surface area contributed by atoms with Crippen molar-refractivity contribution in [3.63, 3.8) is 0 Å². The number of amides is 1. The summed E-state index contributed by atoms with van der Waals surface area (Å²) in [4.78, 5) is 23.6. The number of hydrogen-bond donors (Lipinski definition) is 0. The summed E-state index contributed by atoms with van der Waals surface area (Å²) in [6.45, 7) is 4.12. The molecule has 6 heteroatoms. The van der Waals surface area contributed by atoms with Gasteiger partial charge in [0.25, 0.3) is 5.91 Å². The predicted octanol–water partition coefficient (Wildman–Crippen LogP) is 3.39. The van der Waals surface area contributed by atoms with Gasteiger partial charge in [-0.05, 0) is 19.8 Å². The van der Waals surface area contributed by atoms with E-state index in [2.05, 4.69) is 16.9 Å². The number of carbonyl (C=O) groups excluding carboxylic acids is 1. The number of rotatable bonds is 5. The lowest BCUT2D eigenvalue weighted by Crippen LogP contribution is -2.29. The maximum absolute atomic E-state index is 12.4. The summed E-state index contributed by atoms with van der Waals surface area (Å²) < 4.78 is 0. The van der Waals surface area contributed by atoms with Crippen LogP contribution in [-0.2, 0) is 6.42 Å². The smallest absolute Gasteiger partial charge is 0.273 e. The third-order valence-electron chi connectivity index (χ3n) is 3.00. The number of carbonyl (C=O) groups is 1. The Labute approximate surface area is 121 Å². The van der Waals surface area contributed by atoms with E-state index in [9.17, 15) is 4.79 Å². The zero-order chi connectivity index (χ0) is 13.8. The topological polar surface area (TPSA) is 46.1 Å². The molecule has 0 fully saturated rings. The van der Waals surface area contributed by atoms with Gasteiger partial charge in [0, 0.05) is 23.5 Å². The maximum atomic E-state index is 12.4. The molecule has 2 aromatic heterocycles. The van der Waals surface area contributed by atoms with Crippen molar-refractivity contribution in [2.45, 2.75) is 32.7 Å². The van der Waals surface area contributed by atoms with Crippen LogP contribution >= 0.6 is 22.7 Å². The van der Waals surface area contributed by atoms with Crippen LogP contribution in [0.5, 0.6) is 0 Å². The Hall–Kier alpha value is -1.27. The molecule has 0 aliphatic heterocycles. The Bertz CT molecular complexity index is 536. The van der Waals surface area contributed by atoms with Gasteiger partial charge in [-0.25, -0.2) is 4.98 Å². The average Bonchev–Trinajstić information content (AvgIpc) is 3.07. The molecule has 0 bridgehead atoms. The van der Waals surface area contributed by atoms with Crippen molar-refractivity contribution in [3.05, 3.63) is 32.7 Å². The van der Waals surface area contributed by atoms with Gasteiger partial charge in [-0.3, -0.25) is 9.78 Å². The van der Waals surface area contributed by atoms with E-state index in [0.717, 1.165) is 22.7 Å². The second-order valence-electron chi connectivity index (χ2n) is 4.37. The molecule has 0 saturated carbocycles. The minimum absolute atomic E-state index is 0.0244. The SMILES string of the molecule is CCCc1nc(C(=O)N(C)C(C)c2cncs2)cs1. The second kappa shape index (κ2) is 6.25. The molecule has 2 aromatic rings. The highest BCUT2D eigenvalue weighted by Crippen LogP contribution is 2.24. The molecule has 0 radical (unpaired) electrons. The van der Waals surface area contributed by atoms with Gasteiger partial charge in [0.15, 0.2) is 0 Å². The summed E-state index contributed by atoms with van der Waals surface area (Å²) in [6.07, 6.45) is 3.79. The van der Waals surface area contributed by atoms with Crippen molar-refractivity contribution in [1.29, 1.82) is 0 Å². The summed E-state index contributed by atoms with van der Waals surface area (Å²) in [6, 6.07) is 0.0244. The van der Waals surface area contributed by atoms with Crippen molar-refractivity contribution in [1.82, 2.24) is 14.9 Å². The van der Waals surface area contributed by atoms with Crippen LogP contribution in [0.15, 0.2) is 17.1 Å². The summed E-state index contributed by atoms with van der Waals surface area (Å²) in [5.74, 6) is -0.0282. The van der Waals surface area contributed by atoms with Crippen molar-refractivity contribution in [3.8, 4) is 0 Å². The molecule has 0 aliphatic carbocycles. The number of hydrogen-bond acceptors (Lipinski definition) is 5. The van der Waals surface area contributed by atoms with E-state index in [4.69, 9.17) is 0 Å². The van der Waals surface area contributed by atoms with Gasteiger partial charge in [0.05, 0.1) is 16.6 Å². The minimum atomic E-state index is -0.0282. The van der Waals surface area contributed by atoms with Crippen LogP contribution in [0.4, 0.5) is 0 Å². The lowest BCUT2D eigenvalue weighted by Gasteiger charge is -2.22. The number of aryl methyl sites for hydroxylation is 1. The Kier molecular flexibility index (Phi) is 4.66. The Morgan fingerprint density at radius 1 is 1.47 bits per heavy atom. The molecule has 1 atom stereocenters. The van der Waals surface area contributed by atoms with Crippen LogP contribution in [-0.4, -0.2) is 27.8 Å². The van der Waals surface area contributed by atoms with E-state index in [0.29, 0.717) is 5.69 Å². The van der Waals surface area contributed by atoms with Crippen molar-refractivity contribution < 1.29 is 4.79 Å². The fourth-order valence-corrected chi connectivity index (χ4v) is 3.31. The van der Waals surface area contributed by atoms with E-state index in [-0.39, 0.29) is 11.9 Å². The predicted molar refractivity (Wildman–Crippen MR) is 78.7 cm³/mol. The molecule has 0 saturated heterocycles. The van der Waals surface area contributed by atoms with Crippen molar-refractivity contribution >= 4 is 28.6 Å². The molecule has 19 heavy (non-hydrogen) atoms. The Morgan fingerprint density at radius 3 is 2.89 bits per heavy atom. The summed E-state index contributed by atoms with van der Waals surface area (Å²) in [5.41, 5.74) is 2.33. The quantitative estimate of drug-likeness (QED) is 0.849. The van der Waals surface area contributed by atoms with E-state index in [1.807, 2.05) is 25.5 Å². The molecule has 1 amide bonds. The molecular weight excluding hydrogens is 278 g/mol. The fourth-order valence-electron chi connectivity index (χ4n) is 1.72. The summed E-state index contributed by atoms with van der Waals surface area (Å²) in [5, 5.41) is 2.88. The fraction of sp³-hybridized carbons (Fsp3) is 0.462. The van der Waals surface area contributed by atoms with Gasteiger partial charge in [-0.2, -0.15) is 0 Å². The largest absolute Gasteiger partial charge is 0.333 e. The van der Waals surface area contributed by atoms with E-state index in [1.165, 1.54) is 0 Å². The monoisotopic (exact) mass is 295 g/mol. The van der Waals surface area contributed by atoms with Gasteiger partial charge in [-0.1, -0.05) is 6.92 Å². The van der Waals surface area contributed by atoms with Crippen LogP contribution in [0.1, 0.15) is 46.7 Å². The molecule has 2 heterocycles. The van der Waals surface area contributed by atoms with Gasteiger partial charge < -0.3 is 4.90 Å². The van der Waals surface area contributed by atoms with Crippen LogP contribution in [0.2, 0.25) is 0 Å². The third kappa shape index (κ3) is 3.19. The van der Waals surface area contributed by atoms with Crippen LogP contribution in [0.25, 0.3) is 0 Å². The van der Waals surface area contributed by atoms with E-state index < -0.39 is 0 Å².